The van der Waals surface area contributed by atoms with Crippen LogP contribution in [0.4, 0.5) is 13.2 Å². The highest BCUT2D eigenvalue weighted by Gasteiger charge is 2.65. The summed E-state index contributed by atoms with van der Waals surface area (Å²) < 4.78 is 40.3. The van der Waals surface area contributed by atoms with Crippen molar-refractivity contribution in [1.82, 2.24) is 0 Å². The van der Waals surface area contributed by atoms with E-state index in [0.717, 1.165) is 44.8 Å². The Bertz CT molecular complexity index is 634. The second kappa shape index (κ2) is 6.46. The lowest BCUT2D eigenvalue weighted by Crippen LogP contribution is -2.59. The molecular formula is C23H35F3O2. The van der Waals surface area contributed by atoms with E-state index in [9.17, 15) is 23.1 Å². The molecule has 0 saturated heterocycles. The molecule has 0 amide bonds. The number of hydrogen-bond acceptors (Lipinski definition) is 2. The molecule has 9 atom stereocenters. The molecule has 2 nitrogen and oxygen atoms in total. The molecule has 0 aliphatic heterocycles. The Morgan fingerprint density at radius 1 is 0.964 bits per heavy atom. The van der Waals surface area contributed by atoms with E-state index in [1.165, 1.54) is 0 Å². The first-order chi connectivity index (χ1) is 13.0. The molecule has 160 valence electrons. The molecule has 4 aliphatic rings. The van der Waals surface area contributed by atoms with E-state index < -0.39 is 11.8 Å². The van der Waals surface area contributed by atoms with Crippen LogP contribution in [0.1, 0.15) is 78.6 Å². The predicted molar refractivity (Wildman–Crippen MR) is 101 cm³/mol. The van der Waals surface area contributed by atoms with Crippen LogP contribution in [0, 0.1) is 46.3 Å². The molecule has 0 heterocycles. The first-order valence-corrected chi connectivity index (χ1v) is 11.2. The molecule has 0 radical (unpaired) electrons. The fraction of sp³-hybridized carbons (Fsp3) is 0.957. The number of carbonyl (C=O) groups is 1. The Morgan fingerprint density at radius 3 is 2.29 bits per heavy atom. The number of aliphatic hydroxyl groups is 1. The molecule has 0 bridgehead atoms. The zero-order chi connectivity index (χ0) is 20.5. The van der Waals surface area contributed by atoms with Crippen LogP contribution in [0.5, 0.6) is 0 Å². The molecule has 4 rings (SSSR count). The van der Waals surface area contributed by atoms with Crippen molar-refractivity contribution < 1.29 is 23.1 Å². The Morgan fingerprint density at radius 2 is 1.64 bits per heavy atom. The molecule has 0 aromatic rings. The van der Waals surface area contributed by atoms with E-state index in [2.05, 4.69) is 20.8 Å². The van der Waals surface area contributed by atoms with E-state index in [0.29, 0.717) is 30.1 Å². The van der Waals surface area contributed by atoms with Crippen LogP contribution in [0.2, 0.25) is 0 Å². The van der Waals surface area contributed by atoms with Gasteiger partial charge in [0, 0.05) is 5.92 Å². The average molecular weight is 401 g/mol. The summed E-state index contributed by atoms with van der Waals surface area (Å²) in [6, 6.07) is 0. The van der Waals surface area contributed by atoms with Crippen molar-refractivity contribution in [3.8, 4) is 0 Å². The van der Waals surface area contributed by atoms with Gasteiger partial charge in [-0.25, -0.2) is 0 Å². The van der Waals surface area contributed by atoms with Crippen LogP contribution in [0.3, 0.4) is 0 Å². The van der Waals surface area contributed by atoms with Crippen molar-refractivity contribution in [3.05, 3.63) is 0 Å². The Kier molecular flexibility index (Phi) is 4.77. The third kappa shape index (κ3) is 2.74. The van der Waals surface area contributed by atoms with Gasteiger partial charge in [0.25, 0.3) is 0 Å². The molecule has 4 fully saturated rings. The monoisotopic (exact) mass is 400 g/mol. The maximum absolute atomic E-state index is 13.4. The van der Waals surface area contributed by atoms with E-state index in [-0.39, 0.29) is 35.5 Å². The number of rotatable bonds is 2. The lowest BCUT2D eigenvalue weighted by molar-refractivity contribution is -0.290. The molecule has 5 heteroatoms. The predicted octanol–water partition coefficient (Wildman–Crippen LogP) is 5.77. The van der Waals surface area contributed by atoms with Crippen LogP contribution in [-0.4, -0.2) is 23.2 Å². The van der Waals surface area contributed by atoms with E-state index in [1.54, 1.807) is 0 Å². The molecule has 0 spiro atoms. The largest absolute Gasteiger partial charge is 0.417 e. The number of alkyl halides is 3. The number of halogens is 3. The van der Waals surface area contributed by atoms with Crippen LogP contribution in [0.15, 0.2) is 0 Å². The summed E-state index contributed by atoms with van der Waals surface area (Å²) in [6.45, 7) is 6.64. The zero-order valence-corrected chi connectivity index (χ0v) is 17.4. The number of aldehydes is 1. The van der Waals surface area contributed by atoms with Crippen molar-refractivity contribution in [3.63, 3.8) is 0 Å². The normalized spacial score (nSPS) is 52.3. The summed E-state index contributed by atoms with van der Waals surface area (Å²) in [5.41, 5.74) is -2.38. The number of carbonyl (C=O) groups excluding carboxylic acids is 1. The fourth-order valence-electron chi connectivity index (χ4n) is 8.50. The minimum Gasteiger partial charge on any atom is -0.380 e. The summed E-state index contributed by atoms with van der Waals surface area (Å²) in [7, 11) is 0. The molecule has 1 N–H and O–H groups in total. The summed E-state index contributed by atoms with van der Waals surface area (Å²) in [6.07, 6.45) is 3.01. The maximum Gasteiger partial charge on any atom is 0.417 e. The van der Waals surface area contributed by atoms with Crippen molar-refractivity contribution in [2.45, 2.75) is 90.3 Å². The van der Waals surface area contributed by atoms with Crippen molar-refractivity contribution in [2.75, 3.05) is 0 Å². The number of hydrogen-bond donors (Lipinski definition) is 1. The molecule has 0 aromatic heterocycles. The van der Waals surface area contributed by atoms with Gasteiger partial charge in [-0.1, -0.05) is 20.8 Å². The minimum absolute atomic E-state index is 0.0374. The average Bonchev–Trinajstić information content (AvgIpc) is 2.98. The highest BCUT2D eigenvalue weighted by molar-refractivity contribution is 5.53. The van der Waals surface area contributed by atoms with Gasteiger partial charge < -0.3 is 9.90 Å². The van der Waals surface area contributed by atoms with Gasteiger partial charge in [0.2, 0.25) is 0 Å². The number of fused-ring (bicyclic) bond motifs is 5. The first-order valence-electron chi connectivity index (χ1n) is 11.2. The van der Waals surface area contributed by atoms with Crippen molar-refractivity contribution in [1.29, 1.82) is 0 Å². The molecule has 0 aromatic carbocycles. The second-order valence-electron chi connectivity index (χ2n) is 11.1. The smallest absolute Gasteiger partial charge is 0.380 e. The van der Waals surface area contributed by atoms with Gasteiger partial charge in [-0.15, -0.1) is 0 Å². The molecule has 4 aliphatic carbocycles. The SMILES string of the molecule is C[C@H](C=O)[C@H]1CC[C@H]2[C@@H]3CC[C@H]4C[C@](O)(C(F)(F)F)CC[C@]4(C)[C@H]3CC[C@]12C. The fourth-order valence-corrected chi connectivity index (χ4v) is 8.50. The van der Waals surface area contributed by atoms with E-state index >= 15 is 0 Å². The summed E-state index contributed by atoms with van der Waals surface area (Å²) in [4.78, 5) is 11.5. The van der Waals surface area contributed by atoms with Gasteiger partial charge in [-0.3, -0.25) is 0 Å². The van der Waals surface area contributed by atoms with Crippen LogP contribution in [0.25, 0.3) is 0 Å². The third-order valence-corrected chi connectivity index (χ3v) is 10.2. The van der Waals surface area contributed by atoms with Crippen LogP contribution >= 0.6 is 0 Å². The quantitative estimate of drug-likeness (QED) is 0.597. The standard InChI is InChI=1S/C23H35F3O2/c1-14(13-27)17-6-7-18-16-5-4-15-12-22(28,23(24,25)26)11-10-20(15,2)19(16)8-9-21(17,18)3/h13-19,28H,4-12H2,1-3H3/t14-,15+,16+,17-,18+,19+,20+,21-,22+/m1/s1. The Balaban J connectivity index is 1.57. The van der Waals surface area contributed by atoms with Crippen molar-refractivity contribution in [2.24, 2.45) is 46.3 Å². The molecular weight excluding hydrogens is 365 g/mol. The maximum atomic E-state index is 13.4. The van der Waals surface area contributed by atoms with Crippen LogP contribution < -0.4 is 0 Å². The highest BCUT2D eigenvalue weighted by Crippen LogP contribution is 2.69. The highest BCUT2D eigenvalue weighted by atomic mass is 19.4. The van der Waals surface area contributed by atoms with Gasteiger partial charge in [-0.2, -0.15) is 13.2 Å². The Hall–Kier alpha value is -0.580. The summed E-state index contributed by atoms with van der Waals surface area (Å²) in [5.74, 6) is 2.14. The van der Waals surface area contributed by atoms with Gasteiger partial charge in [0.05, 0.1) is 0 Å². The third-order valence-electron chi connectivity index (χ3n) is 10.2. The van der Waals surface area contributed by atoms with Gasteiger partial charge in [0.1, 0.15) is 6.29 Å². The topological polar surface area (TPSA) is 37.3 Å². The lowest BCUT2D eigenvalue weighted by atomic mass is 9.43. The van der Waals surface area contributed by atoms with E-state index in [4.69, 9.17) is 0 Å². The summed E-state index contributed by atoms with van der Waals surface area (Å²) in [5, 5.41) is 10.3. The lowest BCUT2D eigenvalue weighted by Gasteiger charge is -2.62. The van der Waals surface area contributed by atoms with Gasteiger partial charge >= 0.3 is 6.18 Å². The summed E-state index contributed by atoms with van der Waals surface area (Å²) >= 11 is 0. The second-order valence-corrected chi connectivity index (χ2v) is 11.1. The minimum atomic E-state index is -4.53. The molecule has 4 saturated carbocycles. The van der Waals surface area contributed by atoms with Gasteiger partial charge in [0.15, 0.2) is 5.60 Å². The first kappa shape index (κ1) is 20.7. The van der Waals surface area contributed by atoms with Crippen LogP contribution in [-0.2, 0) is 4.79 Å². The van der Waals surface area contributed by atoms with E-state index in [1.807, 2.05) is 0 Å². The Labute approximate surface area is 166 Å². The van der Waals surface area contributed by atoms with Crippen molar-refractivity contribution >= 4 is 6.29 Å². The van der Waals surface area contributed by atoms with Gasteiger partial charge in [-0.05, 0) is 98.2 Å². The zero-order valence-electron chi connectivity index (χ0n) is 17.4. The molecule has 0 unspecified atom stereocenters. The molecule has 28 heavy (non-hydrogen) atoms.